The fraction of sp³-hybridized carbons (Fsp3) is 0.231. The lowest BCUT2D eigenvalue weighted by Gasteiger charge is -2.26. The zero-order chi connectivity index (χ0) is 22.8. The number of benzene rings is 2. The van der Waals surface area contributed by atoms with E-state index in [0.717, 1.165) is 24.0 Å². The van der Waals surface area contributed by atoms with Crippen molar-refractivity contribution in [3.05, 3.63) is 101 Å². The highest BCUT2D eigenvalue weighted by Crippen LogP contribution is 2.12. The molecule has 6 heteroatoms. The minimum Gasteiger partial charge on any atom is -0.343 e. The molecule has 0 unspecified atom stereocenters. The lowest BCUT2D eigenvalue weighted by atomic mass is 10.1. The molecule has 0 saturated heterocycles. The van der Waals surface area contributed by atoms with Crippen molar-refractivity contribution in [3.63, 3.8) is 0 Å². The molecule has 0 spiro atoms. The van der Waals surface area contributed by atoms with E-state index in [9.17, 15) is 4.79 Å². The lowest BCUT2D eigenvalue weighted by Crippen LogP contribution is -2.42. The Morgan fingerprint density at radius 1 is 0.875 bits per heavy atom. The van der Waals surface area contributed by atoms with E-state index in [1.807, 2.05) is 42.5 Å². The number of carbonyl (C=O) groups excluding carboxylic acids is 1. The standard InChI is InChI=1S/C26H29N5O/c1-2-20-11-13-22(14-12-20)19-31(24(27)16-15-21-8-4-3-5-9-21)25(28)18-30-26(32)23-10-6-7-17-29-23/h3-14,17,27-28H,2,15-16,18-19H2,1H3,(H,30,32). The van der Waals surface area contributed by atoms with Crippen molar-refractivity contribution in [1.82, 2.24) is 15.2 Å². The number of rotatable bonds is 9. The van der Waals surface area contributed by atoms with Crippen molar-refractivity contribution in [2.45, 2.75) is 32.7 Å². The maximum atomic E-state index is 12.3. The van der Waals surface area contributed by atoms with Crippen LogP contribution in [0.4, 0.5) is 0 Å². The maximum Gasteiger partial charge on any atom is 0.270 e. The summed E-state index contributed by atoms with van der Waals surface area (Å²) in [6.07, 6.45) is 3.75. The van der Waals surface area contributed by atoms with Crippen molar-refractivity contribution >= 4 is 17.6 Å². The molecule has 0 atom stereocenters. The van der Waals surface area contributed by atoms with Gasteiger partial charge in [0.2, 0.25) is 0 Å². The average molecular weight is 428 g/mol. The number of aromatic nitrogens is 1. The fourth-order valence-corrected chi connectivity index (χ4v) is 3.31. The molecule has 3 aromatic rings. The average Bonchev–Trinajstić information content (AvgIpc) is 2.85. The van der Waals surface area contributed by atoms with E-state index >= 15 is 0 Å². The zero-order valence-electron chi connectivity index (χ0n) is 18.3. The van der Waals surface area contributed by atoms with E-state index in [1.165, 1.54) is 5.56 Å². The number of amides is 1. The largest absolute Gasteiger partial charge is 0.343 e. The monoisotopic (exact) mass is 427 g/mol. The van der Waals surface area contributed by atoms with Gasteiger partial charge >= 0.3 is 0 Å². The van der Waals surface area contributed by atoms with Crippen LogP contribution in [0.15, 0.2) is 79.0 Å². The summed E-state index contributed by atoms with van der Waals surface area (Å²) < 4.78 is 0. The van der Waals surface area contributed by atoms with Gasteiger partial charge in [0.05, 0.1) is 13.1 Å². The van der Waals surface area contributed by atoms with Crippen molar-refractivity contribution in [2.24, 2.45) is 0 Å². The molecular formula is C26H29N5O. The molecule has 1 aromatic heterocycles. The van der Waals surface area contributed by atoms with E-state index in [2.05, 4.69) is 29.4 Å². The Labute approximate surface area is 189 Å². The molecule has 0 saturated carbocycles. The zero-order valence-corrected chi connectivity index (χ0v) is 18.3. The third-order valence-electron chi connectivity index (χ3n) is 5.23. The van der Waals surface area contributed by atoms with Crippen LogP contribution in [0.1, 0.15) is 40.5 Å². The SMILES string of the molecule is CCc1ccc(CN(C(=N)CCc2ccccc2)C(=N)CNC(=O)c2ccccn2)cc1. The van der Waals surface area contributed by atoms with E-state index in [-0.39, 0.29) is 18.3 Å². The molecule has 6 nitrogen and oxygen atoms in total. The first-order valence-electron chi connectivity index (χ1n) is 10.8. The molecule has 0 bridgehead atoms. The van der Waals surface area contributed by atoms with E-state index in [0.29, 0.717) is 24.5 Å². The topological polar surface area (TPSA) is 92.9 Å². The van der Waals surface area contributed by atoms with Crippen LogP contribution in [0.2, 0.25) is 0 Å². The second-order valence-corrected chi connectivity index (χ2v) is 7.53. The molecule has 0 aliphatic carbocycles. The smallest absolute Gasteiger partial charge is 0.270 e. The predicted molar refractivity (Wildman–Crippen MR) is 128 cm³/mol. The summed E-state index contributed by atoms with van der Waals surface area (Å²) in [5.41, 5.74) is 3.73. The summed E-state index contributed by atoms with van der Waals surface area (Å²) in [7, 11) is 0. The van der Waals surface area contributed by atoms with Gasteiger partial charge in [-0.3, -0.25) is 20.6 Å². The minimum atomic E-state index is -0.335. The number of hydrogen-bond acceptors (Lipinski definition) is 4. The van der Waals surface area contributed by atoms with Gasteiger partial charge in [-0.1, -0.05) is 67.6 Å². The summed E-state index contributed by atoms with van der Waals surface area (Å²) in [6, 6.07) is 23.4. The van der Waals surface area contributed by atoms with Crippen LogP contribution in [0.3, 0.4) is 0 Å². The Morgan fingerprint density at radius 2 is 1.56 bits per heavy atom. The highest BCUT2D eigenvalue weighted by atomic mass is 16.1. The lowest BCUT2D eigenvalue weighted by molar-refractivity contribution is 0.0953. The number of hydrogen-bond donors (Lipinski definition) is 3. The maximum absolute atomic E-state index is 12.3. The molecule has 0 aliphatic rings. The van der Waals surface area contributed by atoms with E-state index in [1.54, 1.807) is 29.3 Å². The molecule has 164 valence electrons. The Hall–Kier alpha value is -3.80. The van der Waals surface area contributed by atoms with Gasteiger partial charge in [0.1, 0.15) is 17.4 Å². The number of nitrogens with zero attached hydrogens (tertiary/aromatic N) is 2. The molecule has 0 radical (unpaired) electrons. The number of pyridine rings is 1. The van der Waals surface area contributed by atoms with Crippen molar-refractivity contribution in [3.8, 4) is 0 Å². The number of amidine groups is 2. The number of nitrogens with one attached hydrogen (secondary N) is 3. The third kappa shape index (κ3) is 6.60. The molecule has 0 fully saturated rings. The first kappa shape index (κ1) is 22.9. The number of aryl methyl sites for hydroxylation is 2. The van der Waals surface area contributed by atoms with Gasteiger partial charge in [-0.15, -0.1) is 0 Å². The highest BCUT2D eigenvalue weighted by molar-refractivity contribution is 6.01. The fourth-order valence-electron chi connectivity index (χ4n) is 3.31. The summed E-state index contributed by atoms with van der Waals surface area (Å²) in [6.45, 7) is 2.55. The minimum absolute atomic E-state index is 0.0240. The molecule has 0 aliphatic heterocycles. The first-order valence-corrected chi connectivity index (χ1v) is 10.8. The Morgan fingerprint density at radius 3 is 2.22 bits per heavy atom. The Kier molecular flexibility index (Phi) is 8.26. The Balaban J connectivity index is 1.68. The quantitative estimate of drug-likeness (QED) is 0.348. The van der Waals surface area contributed by atoms with E-state index < -0.39 is 0 Å². The van der Waals surface area contributed by atoms with Crippen LogP contribution in [-0.2, 0) is 19.4 Å². The second kappa shape index (κ2) is 11.6. The second-order valence-electron chi connectivity index (χ2n) is 7.53. The van der Waals surface area contributed by atoms with Gasteiger partial charge < -0.3 is 10.2 Å². The van der Waals surface area contributed by atoms with Gasteiger partial charge in [0.25, 0.3) is 5.91 Å². The molecule has 3 rings (SSSR count). The van der Waals surface area contributed by atoms with Crippen LogP contribution in [0.25, 0.3) is 0 Å². The molecule has 3 N–H and O–H groups in total. The summed E-state index contributed by atoms with van der Waals surface area (Å²) in [4.78, 5) is 18.1. The van der Waals surface area contributed by atoms with Gasteiger partial charge in [-0.2, -0.15) is 0 Å². The van der Waals surface area contributed by atoms with Crippen molar-refractivity contribution < 1.29 is 4.79 Å². The van der Waals surface area contributed by atoms with E-state index in [4.69, 9.17) is 10.8 Å². The van der Waals surface area contributed by atoms with Crippen molar-refractivity contribution in [1.29, 1.82) is 10.8 Å². The Bertz CT molecular complexity index is 1030. The molecular weight excluding hydrogens is 398 g/mol. The van der Waals surface area contributed by atoms with Gasteiger partial charge in [-0.05, 0) is 41.7 Å². The molecule has 1 amide bonds. The van der Waals surface area contributed by atoms with Gasteiger partial charge in [0.15, 0.2) is 0 Å². The first-order chi connectivity index (χ1) is 15.6. The molecule has 32 heavy (non-hydrogen) atoms. The van der Waals surface area contributed by atoms with Crippen LogP contribution < -0.4 is 5.32 Å². The summed E-state index contributed by atoms with van der Waals surface area (Å²) in [5.74, 6) is 0.191. The van der Waals surface area contributed by atoms with Crippen LogP contribution in [-0.4, -0.2) is 34.0 Å². The normalized spacial score (nSPS) is 10.4. The van der Waals surface area contributed by atoms with Gasteiger partial charge in [0, 0.05) is 12.6 Å². The van der Waals surface area contributed by atoms with Crippen LogP contribution in [0.5, 0.6) is 0 Å². The van der Waals surface area contributed by atoms with Crippen LogP contribution in [0, 0.1) is 10.8 Å². The highest BCUT2D eigenvalue weighted by Gasteiger charge is 2.17. The molecule has 2 aromatic carbocycles. The predicted octanol–water partition coefficient (Wildman–Crippen LogP) is 4.46. The third-order valence-corrected chi connectivity index (χ3v) is 5.23. The van der Waals surface area contributed by atoms with Crippen molar-refractivity contribution in [2.75, 3.05) is 6.54 Å². The summed E-state index contributed by atoms with van der Waals surface area (Å²) in [5, 5.41) is 20.0. The van der Waals surface area contributed by atoms with Gasteiger partial charge in [-0.25, -0.2) is 0 Å². The summed E-state index contributed by atoms with van der Waals surface area (Å²) >= 11 is 0. The number of carbonyl (C=O) groups is 1. The van der Waals surface area contributed by atoms with Crippen LogP contribution >= 0.6 is 0 Å². The molecule has 1 heterocycles.